The van der Waals surface area contributed by atoms with E-state index in [0.717, 1.165) is 51.7 Å². The van der Waals surface area contributed by atoms with E-state index in [-0.39, 0.29) is 6.04 Å². The van der Waals surface area contributed by atoms with Gasteiger partial charge < -0.3 is 15.2 Å². The fraction of sp³-hybridized carbons (Fsp3) is 0.0426. The van der Waals surface area contributed by atoms with Crippen LogP contribution in [0.5, 0.6) is 0 Å². The summed E-state index contributed by atoms with van der Waals surface area (Å²) >= 11 is 0. The number of aromatic nitrogens is 2. The van der Waals surface area contributed by atoms with Crippen LogP contribution in [-0.4, -0.2) is 21.6 Å². The number of hydrogen-bond donors (Lipinski definition) is 2. The van der Waals surface area contributed by atoms with Crippen LogP contribution in [0, 0.1) is 0 Å². The van der Waals surface area contributed by atoms with Gasteiger partial charge in [0.2, 0.25) is 5.96 Å². The van der Waals surface area contributed by atoms with Crippen molar-refractivity contribution in [1.82, 2.24) is 19.8 Å². The molecule has 5 nitrogen and oxygen atoms in total. The predicted molar refractivity (Wildman–Crippen MR) is 217 cm³/mol. The van der Waals surface area contributed by atoms with Gasteiger partial charge in [0, 0.05) is 51.2 Å². The van der Waals surface area contributed by atoms with Crippen molar-refractivity contribution in [1.29, 1.82) is 0 Å². The third-order valence-corrected chi connectivity index (χ3v) is 10.8. The molecule has 0 bridgehead atoms. The van der Waals surface area contributed by atoms with Gasteiger partial charge in [-0.25, -0.2) is 4.99 Å². The number of para-hydroxylation sites is 2. The van der Waals surface area contributed by atoms with Crippen LogP contribution in [0.1, 0.15) is 22.7 Å². The number of aliphatic imine (C=N–C) groups is 1. The summed E-state index contributed by atoms with van der Waals surface area (Å²) in [5, 5.41) is 16.1. The van der Waals surface area contributed by atoms with Crippen molar-refractivity contribution in [3.05, 3.63) is 187 Å². The normalized spacial score (nSPS) is 15.5. The summed E-state index contributed by atoms with van der Waals surface area (Å²) in [6.45, 7) is 0.843. The molecule has 0 spiro atoms. The molecule has 2 aliphatic heterocycles. The first-order valence-electron chi connectivity index (χ1n) is 17.9. The highest BCUT2D eigenvalue weighted by Crippen LogP contribution is 2.44. The number of allylic oxidation sites excluding steroid dienone is 2. The molecule has 0 radical (unpaired) electrons. The Hall–Kier alpha value is -6.85. The Morgan fingerprint density at radius 1 is 0.635 bits per heavy atom. The Morgan fingerprint density at radius 2 is 1.37 bits per heavy atom. The Labute approximate surface area is 300 Å². The van der Waals surface area contributed by atoms with Gasteiger partial charge in [-0.2, -0.15) is 0 Å². The monoisotopic (exact) mass is 667 g/mol. The van der Waals surface area contributed by atoms with Crippen molar-refractivity contribution in [2.75, 3.05) is 6.54 Å². The third kappa shape index (κ3) is 4.32. The van der Waals surface area contributed by atoms with E-state index < -0.39 is 0 Å². The Kier molecular flexibility index (Phi) is 6.31. The molecule has 0 amide bonds. The minimum atomic E-state index is -0.0953. The van der Waals surface area contributed by atoms with Crippen LogP contribution in [-0.2, 0) is 0 Å². The standard InChI is InChI=1S/C47H33N5/c1-2-12-33(13-3-1)51-27-25-32-28-39-43(29-42(32)51)52(46-37-17-7-5-15-35(37)34-14-4-6-16-36(34)44(39)46)47-49-41-20-9-8-18-38(41)45(50-47)31-23-21-30(22-24-31)40-19-10-11-26-48-40/h1-25,27-29,45,48H,26H2,(H,49,50). The number of rotatable bonds is 3. The second kappa shape index (κ2) is 11.3. The van der Waals surface area contributed by atoms with Crippen LogP contribution < -0.4 is 10.6 Å². The second-order valence-corrected chi connectivity index (χ2v) is 13.7. The van der Waals surface area contributed by atoms with E-state index in [9.17, 15) is 0 Å². The molecular weight excluding hydrogens is 635 g/mol. The van der Waals surface area contributed by atoms with Crippen molar-refractivity contribution in [3.8, 4) is 5.69 Å². The SMILES string of the molecule is C1=CCNC(c2ccc(C3NC(n4c5cc6c(ccn6-c6ccccc6)cc5c5c6ccccc6c6ccccc6c54)=Nc4ccccc43)cc2)=C1. The van der Waals surface area contributed by atoms with Crippen LogP contribution >= 0.6 is 0 Å². The van der Waals surface area contributed by atoms with E-state index in [1.54, 1.807) is 0 Å². The molecule has 7 aromatic carbocycles. The van der Waals surface area contributed by atoms with Crippen molar-refractivity contribution in [2.24, 2.45) is 4.99 Å². The van der Waals surface area contributed by atoms with Crippen molar-refractivity contribution in [3.63, 3.8) is 0 Å². The molecule has 4 heterocycles. The maximum absolute atomic E-state index is 5.43. The minimum absolute atomic E-state index is 0.0953. The van der Waals surface area contributed by atoms with Gasteiger partial charge in [0.15, 0.2) is 0 Å². The molecule has 9 aromatic rings. The second-order valence-electron chi connectivity index (χ2n) is 13.7. The molecule has 1 unspecified atom stereocenters. The van der Waals surface area contributed by atoms with Crippen molar-refractivity contribution < 1.29 is 0 Å². The fourth-order valence-electron chi connectivity index (χ4n) is 8.42. The number of fused-ring (bicyclic) bond motifs is 10. The highest BCUT2D eigenvalue weighted by Gasteiger charge is 2.28. The Balaban J connectivity index is 1.20. The molecule has 2 aromatic heterocycles. The topological polar surface area (TPSA) is 46.3 Å². The first kappa shape index (κ1) is 28.9. The molecule has 0 fully saturated rings. The van der Waals surface area contributed by atoms with Gasteiger partial charge in [-0.05, 0) is 69.8 Å². The first-order chi connectivity index (χ1) is 25.8. The summed E-state index contributed by atoms with van der Waals surface area (Å²) in [4.78, 5) is 5.43. The van der Waals surface area contributed by atoms with Crippen LogP contribution in [0.4, 0.5) is 5.69 Å². The number of nitrogens with one attached hydrogen (secondary N) is 2. The average Bonchev–Trinajstić information content (AvgIpc) is 3.79. The van der Waals surface area contributed by atoms with Gasteiger partial charge in [0.25, 0.3) is 0 Å². The average molecular weight is 668 g/mol. The van der Waals surface area contributed by atoms with Gasteiger partial charge in [0.05, 0.1) is 28.3 Å². The quantitative estimate of drug-likeness (QED) is 0.184. The van der Waals surface area contributed by atoms with E-state index >= 15 is 0 Å². The van der Waals surface area contributed by atoms with Gasteiger partial charge in [-0.3, -0.25) is 4.57 Å². The van der Waals surface area contributed by atoms with Crippen molar-refractivity contribution in [2.45, 2.75) is 6.04 Å². The molecule has 11 rings (SSSR count). The summed E-state index contributed by atoms with van der Waals surface area (Å²) in [5.41, 5.74) is 10.2. The van der Waals surface area contributed by atoms with E-state index in [2.05, 4.69) is 190 Å². The van der Waals surface area contributed by atoms with Gasteiger partial charge in [0.1, 0.15) is 0 Å². The van der Waals surface area contributed by atoms with Crippen LogP contribution in [0.15, 0.2) is 175 Å². The highest BCUT2D eigenvalue weighted by molar-refractivity contribution is 6.34. The number of nitrogens with zero attached hydrogens (tertiary/aromatic N) is 3. The molecule has 2 N–H and O–H groups in total. The van der Waals surface area contributed by atoms with Crippen LogP contribution in [0.3, 0.4) is 0 Å². The summed E-state index contributed by atoms with van der Waals surface area (Å²) in [7, 11) is 0. The summed E-state index contributed by atoms with van der Waals surface area (Å²) in [6, 6.07) is 52.6. The molecule has 2 aliphatic rings. The van der Waals surface area contributed by atoms with E-state index in [4.69, 9.17) is 4.99 Å². The van der Waals surface area contributed by atoms with Gasteiger partial charge in [-0.15, -0.1) is 0 Å². The molecule has 0 saturated carbocycles. The van der Waals surface area contributed by atoms with Crippen LogP contribution in [0.2, 0.25) is 0 Å². The van der Waals surface area contributed by atoms with Gasteiger partial charge >= 0.3 is 0 Å². The van der Waals surface area contributed by atoms with Crippen LogP contribution in [0.25, 0.3) is 65.6 Å². The number of benzene rings is 7. The molecule has 1 atom stereocenters. The number of hydrogen-bond acceptors (Lipinski definition) is 3. The first-order valence-corrected chi connectivity index (χ1v) is 17.9. The van der Waals surface area contributed by atoms with E-state index in [0.29, 0.717) is 0 Å². The summed E-state index contributed by atoms with van der Waals surface area (Å²) < 4.78 is 4.68. The maximum Gasteiger partial charge on any atom is 0.209 e. The third-order valence-electron chi connectivity index (χ3n) is 10.8. The zero-order chi connectivity index (χ0) is 34.2. The minimum Gasteiger partial charge on any atom is -0.381 e. The zero-order valence-corrected chi connectivity index (χ0v) is 28.3. The largest absolute Gasteiger partial charge is 0.381 e. The molecule has 5 heteroatoms. The molecular formula is C47H33N5. The zero-order valence-electron chi connectivity index (χ0n) is 28.3. The maximum atomic E-state index is 5.43. The Bertz CT molecular complexity index is 2980. The highest BCUT2D eigenvalue weighted by atomic mass is 15.2. The summed E-state index contributed by atoms with van der Waals surface area (Å²) in [6.07, 6.45) is 8.57. The van der Waals surface area contributed by atoms with E-state index in [1.807, 2.05) is 0 Å². The Morgan fingerprint density at radius 3 is 2.17 bits per heavy atom. The summed E-state index contributed by atoms with van der Waals surface area (Å²) in [5.74, 6) is 0.812. The van der Waals surface area contributed by atoms with E-state index in [1.165, 1.54) is 48.8 Å². The molecule has 246 valence electrons. The lowest BCUT2D eigenvalue weighted by atomic mass is 9.94. The fourth-order valence-corrected chi connectivity index (χ4v) is 8.42. The lowest BCUT2D eigenvalue weighted by Crippen LogP contribution is -2.36. The lowest BCUT2D eigenvalue weighted by Gasteiger charge is -2.29. The predicted octanol–water partition coefficient (Wildman–Crippen LogP) is 10.8. The molecule has 0 aliphatic carbocycles. The lowest BCUT2D eigenvalue weighted by molar-refractivity contribution is 0.731. The molecule has 0 saturated heterocycles. The molecule has 52 heavy (non-hydrogen) atoms. The number of dihydropyridines is 1. The van der Waals surface area contributed by atoms with Crippen molar-refractivity contribution >= 4 is 71.6 Å². The van der Waals surface area contributed by atoms with Gasteiger partial charge in [-0.1, -0.05) is 121 Å². The smallest absolute Gasteiger partial charge is 0.209 e.